The molecular formula is C20H13NO2S2. The lowest BCUT2D eigenvalue weighted by Gasteiger charge is -2.05. The highest BCUT2D eigenvalue weighted by molar-refractivity contribution is 7.73. The molecule has 0 spiro atoms. The maximum absolute atomic E-state index is 12.9. The number of ketones is 1. The molecule has 0 amide bonds. The van der Waals surface area contributed by atoms with E-state index in [4.69, 9.17) is 12.2 Å². The number of para-hydroxylation sites is 1. The van der Waals surface area contributed by atoms with Crippen LogP contribution >= 0.6 is 23.6 Å². The molecule has 4 rings (SSSR count). The van der Waals surface area contributed by atoms with Crippen LogP contribution in [0.5, 0.6) is 5.88 Å². The average Bonchev–Trinajstić information content (AvgIpc) is 2.95. The van der Waals surface area contributed by atoms with Gasteiger partial charge in [0.2, 0.25) is 11.7 Å². The topological polar surface area (TPSA) is 42.2 Å². The molecule has 0 saturated carbocycles. The summed E-state index contributed by atoms with van der Waals surface area (Å²) in [5.74, 6) is -0.339. The highest BCUT2D eigenvalue weighted by Crippen LogP contribution is 2.32. The molecule has 1 aromatic heterocycles. The first-order chi connectivity index (χ1) is 12.1. The fourth-order valence-electron chi connectivity index (χ4n) is 2.78. The molecule has 0 aliphatic heterocycles. The largest absolute Gasteiger partial charge is 0.493 e. The van der Waals surface area contributed by atoms with Gasteiger partial charge in [-0.1, -0.05) is 65.9 Å². The van der Waals surface area contributed by atoms with E-state index in [1.54, 1.807) is 6.07 Å². The molecule has 0 bridgehead atoms. The number of hydrogen-bond donors (Lipinski definition) is 1. The van der Waals surface area contributed by atoms with Crippen LogP contribution in [0.4, 0.5) is 0 Å². The zero-order valence-electron chi connectivity index (χ0n) is 13.0. The van der Waals surface area contributed by atoms with Gasteiger partial charge in [-0.2, -0.15) is 0 Å². The zero-order chi connectivity index (χ0) is 17.4. The summed E-state index contributed by atoms with van der Waals surface area (Å²) in [6, 6.07) is 22.7. The zero-order valence-corrected chi connectivity index (χ0v) is 14.7. The normalized spacial score (nSPS) is 10.9. The highest BCUT2D eigenvalue weighted by Gasteiger charge is 2.21. The van der Waals surface area contributed by atoms with Crippen LogP contribution in [0.1, 0.15) is 15.2 Å². The Balaban J connectivity index is 1.81. The minimum absolute atomic E-state index is 0.112. The number of benzene rings is 3. The number of carbonyl (C=O) groups excluding carboxylic acids is 1. The quantitative estimate of drug-likeness (QED) is 0.394. The van der Waals surface area contributed by atoms with Crippen LogP contribution in [0, 0.1) is 3.95 Å². The Morgan fingerprint density at radius 1 is 0.920 bits per heavy atom. The van der Waals surface area contributed by atoms with Gasteiger partial charge in [0.1, 0.15) is 4.88 Å². The molecule has 5 heteroatoms. The van der Waals surface area contributed by atoms with Crippen molar-refractivity contribution in [1.82, 2.24) is 4.57 Å². The summed E-state index contributed by atoms with van der Waals surface area (Å²) in [7, 11) is 0. The standard InChI is InChI=1S/C20H13NO2S2/c22-17(15-11-10-13-6-4-5-7-14(13)12-15)18-19(23)21(20(24)25-18)16-8-2-1-3-9-16/h1-12,23H. The smallest absolute Gasteiger partial charge is 0.219 e. The molecule has 0 atom stereocenters. The van der Waals surface area contributed by atoms with E-state index in [0.29, 0.717) is 9.52 Å². The Hall–Kier alpha value is -2.76. The predicted molar refractivity (Wildman–Crippen MR) is 104 cm³/mol. The third kappa shape index (κ3) is 2.77. The number of rotatable bonds is 3. The van der Waals surface area contributed by atoms with E-state index in [0.717, 1.165) is 27.8 Å². The van der Waals surface area contributed by atoms with Gasteiger partial charge in [0.25, 0.3) is 0 Å². The summed E-state index contributed by atoms with van der Waals surface area (Å²) in [5.41, 5.74) is 1.27. The second-order valence-electron chi connectivity index (χ2n) is 5.58. The van der Waals surface area contributed by atoms with E-state index in [2.05, 4.69) is 0 Å². The third-order valence-corrected chi connectivity index (χ3v) is 5.38. The van der Waals surface area contributed by atoms with Gasteiger partial charge in [0, 0.05) is 5.56 Å². The number of carbonyl (C=O) groups is 1. The van der Waals surface area contributed by atoms with Gasteiger partial charge in [-0.3, -0.25) is 9.36 Å². The molecule has 0 saturated heterocycles. The molecule has 0 radical (unpaired) electrons. The number of thiazole rings is 1. The lowest BCUT2D eigenvalue weighted by molar-refractivity contribution is 0.103. The first-order valence-corrected chi connectivity index (χ1v) is 8.91. The molecule has 3 nitrogen and oxygen atoms in total. The second kappa shape index (κ2) is 6.27. The van der Waals surface area contributed by atoms with Crippen LogP contribution in [0.2, 0.25) is 0 Å². The van der Waals surface area contributed by atoms with Gasteiger partial charge < -0.3 is 5.11 Å². The van der Waals surface area contributed by atoms with E-state index in [1.807, 2.05) is 66.7 Å². The van der Waals surface area contributed by atoms with Crippen molar-refractivity contribution in [1.29, 1.82) is 0 Å². The van der Waals surface area contributed by atoms with Crippen molar-refractivity contribution in [3.8, 4) is 11.6 Å². The van der Waals surface area contributed by atoms with Crippen molar-refractivity contribution in [3.63, 3.8) is 0 Å². The monoisotopic (exact) mass is 363 g/mol. The number of hydrogen-bond acceptors (Lipinski definition) is 4. The van der Waals surface area contributed by atoms with Crippen molar-refractivity contribution >= 4 is 40.1 Å². The van der Waals surface area contributed by atoms with Crippen molar-refractivity contribution in [3.05, 3.63) is 87.2 Å². The van der Waals surface area contributed by atoms with E-state index in [9.17, 15) is 9.90 Å². The van der Waals surface area contributed by atoms with Gasteiger partial charge in [0.05, 0.1) is 5.69 Å². The summed E-state index contributed by atoms with van der Waals surface area (Å²) >= 11 is 6.48. The maximum atomic E-state index is 12.9. The molecule has 0 aliphatic rings. The van der Waals surface area contributed by atoms with E-state index < -0.39 is 0 Å². The van der Waals surface area contributed by atoms with Crippen LogP contribution in [0.3, 0.4) is 0 Å². The van der Waals surface area contributed by atoms with Crippen LogP contribution in [0.15, 0.2) is 72.8 Å². The summed E-state index contributed by atoms with van der Waals surface area (Å²) < 4.78 is 1.96. The number of nitrogens with zero attached hydrogens (tertiary/aromatic N) is 1. The Morgan fingerprint density at radius 2 is 1.60 bits per heavy atom. The Bertz CT molecular complexity index is 1140. The first-order valence-electron chi connectivity index (χ1n) is 7.69. The van der Waals surface area contributed by atoms with Crippen molar-refractivity contribution < 1.29 is 9.90 Å². The molecule has 1 N–H and O–H groups in total. The minimum Gasteiger partial charge on any atom is -0.493 e. The number of fused-ring (bicyclic) bond motifs is 1. The Kier molecular flexibility index (Phi) is 3.95. The van der Waals surface area contributed by atoms with Crippen LogP contribution < -0.4 is 0 Å². The fourth-order valence-corrected chi connectivity index (χ4v) is 4.07. The highest BCUT2D eigenvalue weighted by atomic mass is 32.1. The minimum atomic E-state index is -0.228. The predicted octanol–water partition coefficient (Wildman–Crippen LogP) is 5.36. The summed E-state index contributed by atoms with van der Waals surface area (Å²) in [6.07, 6.45) is 0. The van der Waals surface area contributed by atoms with E-state index in [1.165, 1.54) is 4.57 Å². The second-order valence-corrected chi connectivity index (χ2v) is 7.23. The maximum Gasteiger partial charge on any atom is 0.219 e. The summed E-state index contributed by atoms with van der Waals surface area (Å²) in [5, 5.41) is 12.6. The number of aromatic nitrogens is 1. The fraction of sp³-hybridized carbons (Fsp3) is 0. The third-order valence-electron chi connectivity index (χ3n) is 4.02. The van der Waals surface area contributed by atoms with Crippen molar-refractivity contribution in [2.24, 2.45) is 0 Å². The van der Waals surface area contributed by atoms with Crippen LogP contribution in [-0.2, 0) is 0 Å². The van der Waals surface area contributed by atoms with Gasteiger partial charge in [-0.15, -0.1) is 0 Å². The summed E-state index contributed by atoms with van der Waals surface area (Å²) in [4.78, 5) is 13.2. The average molecular weight is 363 g/mol. The van der Waals surface area contributed by atoms with Crippen molar-refractivity contribution in [2.45, 2.75) is 0 Å². The summed E-state index contributed by atoms with van der Waals surface area (Å²) in [6.45, 7) is 0. The number of aromatic hydroxyl groups is 1. The lowest BCUT2D eigenvalue weighted by atomic mass is 10.0. The molecule has 0 unspecified atom stereocenters. The molecule has 1 heterocycles. The SMILES string of the molecule is O=C(c1ccc2ccccc2c1)c1sc(=S)n(-c2ccccc2)c1O. The van der Waals surface area contributed by atoms with E-state index in [-0.39, 0.29) is 16.5 Å². The first kappa shape index (κ1) is 15.7. The van der Waals surface area contributed by atoms with Crippen LogP contribution in [-0.4, -0.2) is 15.5 Å². The Morgan fingerprint density at radius 3 is 2.36 bits per heavy atom. The molecule has 3 aromatic carbocycles. The van der Waals surface area contributed by atoms with Gasteiger partial charge in [-0.05, 0) is 41.2 Å². The molecule has 25 heavy (non-hydrogen) atoms. The molecule has 0 fully saturated rings. The van der Waals surface area contributed by atoms with Gasteiger partial charge in [-0.25, -0.2) is 0 Å². The lowest BCUT2D eigenvalue weighted by Crippen LogP contribution is -2.00. The van der Waals surface area contributed by atoms with Gasteiger partial charge >= 0.3 is 0 Å². The van der Waals surface area contributed by atoms with Crippen LogP contribution in [0.25, 0.3) is 16.5 Å². The Labute approximate surface area is 153 Å². The van der Waals surface area contributed by atoms with Gasteiger partial charge in [0.15, 0.2) is 3.95 Å². The van der Waals surface area contributed by atoms with E-state index >= 15 is 0 Å². The molecular weight excluding hydrogens is 350 g/mol. The van der Waals surface area contributed by atoms with Crippen molar-refractivity contribution in [2.75, 3.05) is 0 Å². The molecule has 0 aliphatic carbocycles. The molecule has 4 aromatic rings. The molecule has 122 valence electrons.